The highest BCUT2D eigenvalue weighted by Crippen LogP contribution is 2.31. The van der Waals surface area contributed by atoms with Gasteiger partial charge in [0, 0.05) is 6.54 Å². The van der Waals surface area contributed by atoms with E-state index in [0.29, 0.717) is 19.6 Å². The fraction of sp³-hybridized carbons (Fsp3) is 0.500. The third-order valence-electron chi connectivity index (χ3n) is 4.18. The third-order valence-corrected chi connectivity index (χ3v) is 4.18. The Bertz CT molecular complexity index is 617. The number of benzene rings is 1. The van der Waals surface area contributed by atoms with Crippen molar-refractivity contribution >= 4 is 11.9 Å². The SMILES string of the molecule is COc1ccc2c(c1)CC(C(=O)N1CCOC(C(=O)O)C1)CO2. The predicted octanol–water partition coefficient (Wildman–Crippen LogP) is 0.558. The van der Waals surface area contributed by atoms with E-state index in [4.69, 9.17) is 19.3 Å². The molecule has 1 aromatic carbocycles. The summed E-state index contributed by atoms with van der Waals surface area (Å²) in [5.41, 5.74) is 0.928. The lowest BCUT2D eigenvalue weighted by atomic mass is 9.95. The number of methoxy groups -OCH3 is 1. The molecule has 0 aliphatic carbocycles. The number of ether oxygens (including phenoxy) is 3. The van der Waals surface area contributed by atoms with Crippen molar-refractivity contribution in [2.24, 2.45) is 5.92 Å². The first kappa shape index (κ1) is 15.6. The maximum absolute atomic E-state index is 12.7. The highest BCUT2D eigenvalue weighted by Gasteiger charge is 2.34. The van der Waals surface area contributed by atoms with Crippen LogP contribution in [0.4, 0.5) is 0 Å². The van der Waals surface area contributed by atoms with E-state index in [1.54, 1.807) is 12.0 Å². The molecule has 2 unspecified atom stereocenters. The smallest absolute Gasteiger partial charge is 0.334 e. The van der Waals surface area contributed by atoms with E-state index in [2.05, 4.69) is 0 Å². The molecule has 0 bridgehead atoms. The molecule has 23 heavy (non-hydrogen) atoms. The number of carboxylic acids is 1. The summed E-state index contributed by atoms with van der Waals surface area (Å²) < 4.78 is 16.0. The largest absolute Gasteiger partial charge is 0.497 e. The molecule has 1 N–H and O–H groups in total. The van der Waals surface area contributed by atoms with Crippen LogP contribution in [-0.4, -0.2) is 61.4 Å². The third kappa shape index (κ3) is 3.24. The number of nitrogens with zero attached hydrogens (tertiary/aromatic N) is 1. The molecule has 0 spiro atoms. The molecule has 0 radical (unpaired) electrons. The van der Waals surface area contributed by atoms with E-state index in [0.717, 1.165) is 17.1 Å². The zero-order chi connectivity index (χ0) is 16.4. The van der Waals surface area contributed by atoms with Gasteiger partial charge in [-0.3, -0.25) is 4.79 Å². The molecular formula is C16H19NO6. The summed E-state index contributed by atoms with van der Waals surface area (Å²) in [5, 5.41) is 9.03. The van der Waals surface area contributed by atoms with Crippen molar-refractivity contribution in [3.05, 3.63) is 23.8 Å². The van der Waals surface area contributed by atoms with Crippen LogP contribution < -0.4 is 9.47 Å². The maximum atomic E-state index is 12.7. The molecular weight excluding hydrogens is 302 g/mol. The maximum Gasteiger partial charge on any atom is 0.334 e. The van der Waals surface area contributed by atoms with Gasteiger partial charge in [0.25, 0.3) is 0 Å². The first-order valence-corrected chi connectivity index (χ1v) is 7.51. The van der Waals surface area contributed by atoms with Gasteiger partial charge < -0.3 is 24.2 Å². The van der Waals surface area contributed by atoms with Gasteiger partial charge in [-0.15, -0.1) is 0 Å². The van der Waals surface area contributed by atoms with Gasteiger partial charge in [0.15, 0.2) is 6.10 Å². The minimum Gasteiger partial charge on any atom is -0.497 e. The second kappa shape index (κ2) is 6.45. The number of hydrogen-bond acceptors (Lipinski definition) is 5. The molecule has 124 valence electrons. The van der Waals surface area contributed by atoms with Crippen molar-refractivity contribution in [3.63, 3.8) is 0 Å². The second-order valence-corrected chi connectivity index (χ2v) is 5.67. The summed E-state index contributed by atoms with van der Waals surface area (Å²) in [6.45, 7) is 1.02. The van der Waals surface area contributed by atoms with E-state index < -0.39 is 12.1 Å². The van der Waals surface area contributed by atoms with Crippen LogP contribution in [0.2, 0.25) is 0 Å². The molecule has 1 aromatic rings. The van der Waals surface area contributed by atoms with Crippen LogP contribution in [-0.2, 0) is 20.7 Å². The van der Waals surface area contributed by atoms with Gasteiger partial charge in [0.2, 0.25) is 5.91 Å². The Balaban J connectivity index is 1.70. The van der Waals surface area contributed by atoms with Crippen molar-refractivity contribution in [2.45, 2.75) is 12.5 Å². The molecule has 0 saturated carbocycles. The first-order chi connectivity index (χ1) is 11.1. The number of aliphatic carboxylic acids is 1. The number of hydrogen-bond donors (Lipinski definition) is 1. The van der Waals surface area contributed by atoms with E-state index in [1.807, 2.05) is 18.2 Å². The summed E-state index contributed by atoms with van der Waals surface area (Å²) in [4.78, 5) is 25.2. The summed E-state index contributed by atoms with van der Waals surface area (Å²) in [6.07, 6.45) is -0.398. The number of amides is 1. The fourth-order valence-corrected chi connectivity index (χ4v) is 2.91. The number of rotatable bonds is 3. The second-order valence-electron chi connectivity index (χ2n) is 5.67. The van der Waals surface area contributed by atoms with E-state index in [1.165, 1.54) is 0 Å². The lowest BCUT2D eigenvalue weighted by molar-refractivity contribution is -0.161. The van der Waals surface area contributed by atoms with Gasteiger partial charge in [0.05, 0.1) is 26.2 Å². The molecule has 1 amide bonds. The number of carbonyl (C=O) groups is 2. The molecule has 3 rings (SSSR count). The van der Waals surface area contributed by atoms with Gasteiger partial charge in [-0.25, -0.2) is 4.79 Å². The lowest BCUT2D eigenvalue weighted by Gasteiger charge is -2.34. The standard InChI is InChI=1S/C16H19NO6/c1-21-12-2-3-13-10(7-12)6-11(9-23-13)15(18)17-4-5-22-14(8-17)16(19)20/h2-3,7,11,14H,4-6,8-9H2,1H3,(H,19,20). The van der Waals surface area contributed by atoms with Gasteiger partial charge >= 0.3 is 5.97 Å². The van der Waals surface area contributed by atoms with Crippen LogP contribution in [0, 0.1) is 5.92 Å². The highest BCUT2D eigenvalue weighted by molar-refractivity contribution is 5.81. The summed E-state index contributed by atoms with van der Waals surface area (Å²) in [7, 11) is 1.59. The zero-order valence-electron chi connectivity index (χ0n) is 12.9. The van der Waals surface area contributed by atoms with Crippen LogP contribution >= 0.6 is 0 Å². The molecule has 1 fully saturated rings. The molecule has 7 heteroatoms. The Morgan fingerprint density at radius 1 is 1.39 bits per heavy atom. The molecule has 2 aliphatic heterocycles. The Morgan fingerprint density at radius 3 is 2.96 bits per heavy atom. The first-order valence-electron chi connectivity index (χ1n) is 7.51. The number of morpholine rings is 1. The summed E-state index contributed by atoms with van der Waals surface area (Å²) in [6, 6.07) is 5.53. The average Bonchev–Trinajstić information content (AvgIpc) is 2.60. The quantitative estimate of drug-likeness (QED) is 0.875. The molecule has 2 atom stereocenters. The molecule has 2 heterocycles. The van der Waals surface area contributed by atoms with Crippen molar-refractivity contribution in [2.75, 3.05) is 33.4 Å². The van der Waals surface area contributed by atoms with Gasteiger partial charge in [-0.2, -0.15) is 0 Å². The van der Waals surface area contributed by atoms with Crippen molar-refractivity contribution in [3.8, 4) is 11.5 Å². The average molecular weight is 321 g/mol. The Kier molecular flexibility index (Phi) is 4.38. The van der Waals surface area contributed by atoms with Gasteiger partial charge in [0.1, 0.15) is 18.1 Å². The summed E-state index contributed by atoms with van der Waals surface area (Å²) in [5.74, 6) is 0.0330. The van der Waals surface area contributed by atoms with Crippen LogP contribution in [0.15, 0.2) is 18.2 Å². The Morgan fingerprint density at radius 2 is 2.22 bits per heavy atom. The van der Waals surface area contributed by atoms with Crippen molar-refractivity contribution in [1.29, 1.82) is 0 Å². The molecule has 2 aliphatic rings. The molecule has 7 nitrogen and oxygen atoms in total. The minimum atomic E-state index is -1.04. The normalized spacial score (nSPS) is 23.6. The topological polar surface area (TPSA) is 85.3 Å². The molecule has 0 aromatic heterocycles. The number of carboxylic acid groups (broad SMARTS) is 1. The van der Waals surface area contributed by atoms with Crippen LogP contribution in [0.3, 0.4) is 0 Å². The number of carbonyl (C=O) groups excluding carboxylic acids is 1. The van der Waals surface area contributed by atoms with E-state index >= 15 is 0 Å². The number of fused-ring (bicyclic) bond motifs is 1. The fourth-order valence-electron chi connectivity index (χ4n) is 2.91. The highest BCUT2D eigenvalue weighted by atomic mass is 16.5. The van der Waals surface area contributed by atoms with Crippen LogP contribution in [0.5, 0.6) is 11.5 Å². The Labute approximate surface area is 133 Å². The molecule has 1 saturated heterocycles. The van der Waals surface area contributed by atoms with Gasteiger partial charge in [-0.05, 0) is 30.2 Å². The Hall–Kier alpha value is -2.28. The van der Waals surface area contributed by atoms with Crippen molar-refractivity contribution < 1.29 is 28.9 Å². The van der Waals surface area contributed by atoms with E-state index in [9.17, 15) is 9.59 Å². The zero-order valence-corrected chi connectivity index (χ0v) is 12.9. The van der Waals surface area contributed by atoms with Crippen LogP contribution in [0.1, 0.15) is 5.56 Å². The van der Waals surface area contributed by atoms with Crippen molar-refractivity contribution in [1.82, 2.24) is 4.90 Å². The lowest BCUT2D eigenvalue weighted by Crippen LogP contribution is -2.51. The minimum absolute atomic E-state index is 0.0790. The van der Waals surface area contributed by atoms with Crippen LogP contribution in [0.25, 0.3) is 0 Å². The van der Waals surface area contributed by atoms with E-state index in [-0.39, 0.29) is 25.0 Å². The van der Waals surface area contributed by atoms with Gasteiger partial charge in [-0.1, -0.05) is 0 Å². The monoisotopic (exact) mass is 321 g/mol. The summed E-state index contributed by atoms with van der Waals surface area (Å²) >= 11 is 0. The predicted molar refractivity (Wildman–Crippen MR) is 79.6 cm³/mol.